The van der Waals surface area contributed by atoms with Crippen LogP contribution in [0.1, 0.15) is 32.6 Å². The third-order valence-electron chi connectivity index (χ3n) is 3.29. The summed E-state index contributed by atoms with van der Waals surface area (Å²) in [6.07, 6.45) is 4.77. The van der Waals surface area contributed by atoms with Gasteiger partial charge in [0, 0.05) is 13.1 Å². The monoisotopic (exact) mass is 241 g/mol. The van der Waals surface area contributed by atoms with Crippen molar-refractivity contribution < 1.29 is 4.79 Å². The summed E-state index contributed by atoms with van der Waals surface area (Å²) in [7, 11) is 2.17. The minimum absolute atomic E-state index is 0.127. The van der Waals surface area contributed by atoms with E-state index in [1.165, 1.54) is 19.4 Å². The van der Waals surface area contributed by atoms with Crippen LogP contribution >= 0.6 is 0 Å². The normalized spacial score (nSPS) is 21.4. The molecule has 1 heterocycles. The molecule has 4 heteroatoms. The number of likely N-dealkylation sites (tertiary alicyclic amines) is 1. The number of nitrogens with one attached hydrogen (secondary N) is 2. The number of hydrogen-bond donors (Lipinski definition) is 2. The number of unbranched alkanes of at least 4 members (excludes halogenated alkanes) is 1. The molecule has 1 unspecified atom stereocenters. The fourth-order valence-corrected chi connectivity index (χ4v) is 2.30. The standard InChI is InChI=1S/C13H27N3O/c1-3-4-7-15-13(17)10-14-9-12-6-5-8-16(2)11-12/h12,14H,3-11H2,1-2H3,(H,15,17). The van der Waals surface area contributed by atoms with Gasteiger partial charge in [0.25, 0.3) is 0 Å². The third kappa shape index (κ3) is 6.64. The molecule has 0 saturated carbocycles. The summed E-state index contributed by atoms with van der Waals surface area (Å²) < 4.78 is 0. The van der Waals surface area contributed by atoms with Gasteiger partial charge >= 0.3 is 0 Å². The smallest absolute Gasteiger partial charge is 0.233 e. The van der Waals surface area contributed by atoms with Gasteiger partial charge in [-0.1, -0.05) is 13.3 Å². The molecule has 1 aliphatic heterocycles. The molecule has 2 N–H and O–H groups in total. The van der Waals surface area contributed by atoms with Crippen LogP contribution < -0.4 is 10.6 Å². The Morgan fingerprint density at radius 3 is 3.00 bits per heavy atom. The van der Waals surface area contributed by atoms with Crippen molar-refractivity contribution in [1.82, 2.24) is 15.5 Å². The van der Waals surface area contributed by atoms with Crippen LogP contribution in [-0.2, 0) is 4.79 Å². The van der Waals surface area contributed by atoms with Crippen LogP contribution in [0.25, 0.3) is 0 Å². The minimum atomic E-state index is 0.127. The molecule has 1 saturated heterocycles. The lowest BCUT2D eigenvalue weighted by atomic mass is 9.98. The number of hydrogen-bond acceptors (Lipinski definition) is 3. The van der Waals surface area contributed by atoms with Crippen molar-refractivity contribution in [2.24, 2.45) is 5.92 Å². The van der Waals surface area contributed by atoms with Gasteiger partial charge in [0.2, 0.25) is 5.91 Å². The van der Waals surface area contributed by atoms with Crippen LogP contribution in [0.3, 0.4) is 0 Å². The number of amides is 1. The van der Waals surface area contributed by atoms with Crippen molar-refractivity contribution in [2.45, 2.75) is 32.6 Å². The average molecular weight is 241 g/mol. The maximum atomic E-state index is 11.4. The van der Waals surface area contributed by atoms with E-state index in [9.17, 15) is 4.79 Å². The second-order valence-electron chi connectivity index (χ2n) is 5.10. The Hall–Kier alpha value is -0.610. The van der Waals surface area contributed by atoms with E-state index in [1.807, 2.05) is 0 Å². The first kappa shape index (κ1) is 14.5. The lowest BCUT2D eigenvalue weighted by Crippen LogP contribution is -2.40. The van der Waals surface area contributed by atoms with Crippen molar-refractivity contribution >= 4 is 5.91 Å². The van der Waals surface area contributed by atoms with Gasteiger partial charge in [-0.25, -0.2) is 0 Å². The van der Waals surface area contributed by atoms with E-state index < -0.39 is 0 Å². The van der Waals surface area contributed by atoms with Gasteiger partial charge in [0.05, 0.1) is 6.54 Å². The molecule has 4 nitrogen and oxygen atoms in total. The Bertz CT molecular complexity index is 221. The summed E-state index contributed by atoms with van der Waals surface area (Å²) in [5.74, 6) is 0.833. The fraction of sp³-hybridized carbons (Fsp3) is 0.923. The molecule has 0 aromatic carbocycles. The summed E-state index contributed by atoms with van der Waals surface area (Å²) in [6, 6.07) is 0. The van der Waals surface area contributed by atoms with Crippen LogP contribution in [0.4, 0.5) is 0 Å². The van der Waals surface area contributed by atoms with Crippen LogP contribution in [-0.4, -0.2) is 50.6 Å². The van der Waals surface area contributed by atoms with Crippen molar-refractivity contribution in [3.05, 3.63) is 0 Å². The summed E-state index contributed by atoms with van der Waals surface area (Å²) in [4.78, 5) is 13.8. The Morgan fingerprint density at radius 1 is 1.47 bits per heavy atom. The van der Waals surface area contributed by atoms with Gasteiger partial charge < -0.3 is 15.5 Å². The van der Waals surface area contributed by atoms with E-state index in [0.717, 1.165) is 32.5 Å². The molecule has 0 bridgehead atoms. The van der Waals surface area contributed by atoms with E-state index in [2.05, 4.69) is 29.5 Å². The maximum absolute atomic E-state index is 11.4. The molecule has 1 amide bonds. The quantitative estimate of drug-likeness (QED) is 0.649. The van der Waals surface area contributed by atoms with Gasteiger partial charge in [0.15, 0.2) is 0 Å². The number of piperidine rings is 1. The van der Waals surface area contributed by atoms with E-state index in [-0.39, 0.29) is 5.91 Å². The SMILES string of the molecule is CCCCNC(=O)CNCC1CCCN(C)C1. The molecule has 0 radical (unpaired) electrons. The van der Waals surface area contributed by atoms with E-state index in [0.29, 0.717) is 12.5 Å². The number of rotatable bonds is 7. The molecule has 0 aromatic heterocycles. The molecule has 0 aliphatic carbocycles. The Morgan fingerprint density at radius 2 is 2.29 bits per heavy atom. The zero-order valence-electron chi connectivity index (χ0n) is 11.3. The zero-order chi connectivity index (χ0) is 12.5. The van der Waals surface area contributed by atoms with E-state index >= 15 is 0 Å². The van der Waals surface area contributed by atoms with Gasteiger partial charge in [-0.2, -0.15) is 0 Å². The highest BCUT2D eigenvalue weighted by Crippen LogP contribution is 2.13. The van der Waals surface area contributed by atoms with Crippen LogP contribution in [0.15, 0.2) is 0 Å². The minimum Gasteiger partial charge on any atom is -0.355 e. The molecule has 1 aliphatic rings. The highest BCUT2D eigenvalue weighted by molar-refractivity contribution is 5.77. The number of carbonyl (C=O) groups excluding carboxylic acids is 1. The molecule has 17 heavy (non-hydrogen) atoms. The van der Waals surface area contributed by atoms with Crippen LogP contribution in [0, 0.1) is 5.92 Å². The predicted molar refractivity (Wildman–Crippen MR) is 71.0 cm³/mol. The summed E-state index contributed by atoms with van der Waals surface area (Å²) in [5.41, 5.74) is 0. The molecular weight excluding hydrogens is 214 g/mol. The van der Waals surface area contributed by atoms with Crippen molar-refractivity contribution in [3.63, 3.8) is 0 Å². The predicted octanol–water partition coefficient (Wildman–Crippen LogP) is 0.834. The molecule has 1 rings (SSSR count). The fourth-order valence-electron chi connectivity index (χ4n) is 2.30. The first-order chi connectivity index (χ1) is 8.22. The highest BCUT2D eigenvalue weighted by Gasteiger charge is 2.16. The molecule has 0 spiro atoms. The van der Waals surface area contributed by atoms with Crippen LogP contribution in [0.5, 0.6) is 0 Å². The lowest BCUT2D eigenvalue weighted by molar-refractivity contribution is -0.120. The summed E-state index contributed by atoms with van der Waals surface area (Å²) >= 11 is 0. The summed E-state index contributed by atoms with van der Waals surface area (Å²) in [6.45, 7) is 6.74. The van der Waals surface area contributed by atoms with Crippen LogP contribution in [0.2, 0.25) is 0 Å². The Balaban J connectivity index is 2.00. The topological polar surface area (TPSA) is 44.4 Å². The van der Waals surface area contributed by atoms with Crippen molar-refractivity contribution in [1.29, 1.82) is 0 Å². The molecule has 1 atom stereocenters. The van der Waals surface area contributed by atoms with Gasteiger partial charge in [-0.15, -0.1) is 0 Å². The first-order valence-electron chi connectivity index (χ1n) is 6.88. The van der Waals surface area contributed by atoms with Crippen molar-refractivity contribution in [3.8, 4) is 0 Å². The second kappa shape index (κ2) is 8.48. The highest BCUT2D eigenvalue weighted by atomic mass is 16.1. The number of carbonyl (C=O) groups is 1. The van der Waals surface area contributed by atoms with E-state index in [1.54, 1.807) is 0 Å². The van der Waals surface area contributed by atoms with Crippen molar-refractivity contribution in [2.75, 3.05) is 39.8 Å². The largest absolute Gasteiger partial charge is 0.355 e. The van der Waals surface area contributed by atoms with E-state index in [4.69, 9.17) is 0 Å². The number of nitrogens with zero attached hydrogens (tertiary/aromatic N) is 1. The summed E-state index contributed by atoms with van der Waals surface area (Å²) in [5, 5.41) is 6.18. The molecular formula is C13H27N3O. The van der Waals surface area contributed by atoms with Gasteiger partial charge in [-0.3, -0.25) is 4.79 Å². The molecule has 100 valence electrons. The third-order valence-corrected chi connectivity index (χ3v) is 3.29. The lowest BCUT2D eigenvalue weighted by Gasteiger charge is -2.29. The van der Waals surface area contributed by atoms with Gasteiger partial charge in [-0.05, 0) is 45.3 Å². The first-order valence-corrected chi connectivity index (χ1v) is 6.88. The Kier molecular flexibility index (Phi) is 7.21. The maximum Gasteiger partial charge on any atom is 0.233 e. The average Bonchev–Trinajstić information content (AvgIpc) is 2.29. The Labute approximate surface area is 105 Å². The second-order valence-corrected chi connectivity index (χ2v) is 5.10. The zero-order valence-corrected chi connectivity index (χ0v) is 11.3. The molecule has 1 fully saturated rings. The van der Waals surface area contributed by atoms with Gasteiger partial charge in [0.1, 0.15) is 0 Å². The molecule has 0 aromatic rings.